The SMILES string of the molecule is Cc1nc(COc2cccc3[nH]c(C(=O)NC4CCCN(CC5CCCN6CCCCC56)CC4)cc23)cs1. The van der Waals surface area contributed by atoms with Crippen LogP contribution in [0.3, 0.4) is 0 Å². The van der Waals surface area contributed by atoms with Gasteiger partial charge < -0.3 is 24.8 Å². The second-order valence-corrected chi connectivity index (χ2v) is 12.5. The molecule has 0 saturated carbocycles. The molecule has 0 spiro atoms. The Morgan fingerprint density at radius 2 is 2.00 bits per heavy atom. The van der Waals surface area contributed by atoms with Crippen molar-refractivity contribution in [2.75, 3.05) is 32.7 Å². The zero-order valence-corrected chi connectivity index (χ0v) is 23.4. The van der Waals surface area contributed by atoms with Crippen molar-refractivity contribution in [1.29, 1.82) is 0 Å². The Bertz CT molecular complexity index is 1240. The lowest BCUT2D eigenvalue weighted by atomic mass is 9.83. The van der Waals surface area contributed by atoms with Crippen molar-refractivity contribution >= 4 is 28.1 Å². The Hall–Kier alpha value is -2.42. The smallest absolute Gasteiger partial charge is 0.267 e. The average molecular weight is 536 g/mol. The molecule has 2 aromatic heterocycles. The molecule has 0 bridgehead atoms. The standard InChI is InChI=1S/C30H41N5O2S/c1-21-31-24(20-38-21)19-37-29-11-4-9-26-25(29)17-27(33-26)30(36)32-23-8-6-13-34(16-12-23)18-22-7-5-15-35-14-3-2-10-28(22)35/h4,9,11,17,20,22-23,28,33H,2-3,5-8,10,12-16,18-19H2,1H3,(H,32,36). The van der Waals surface area contributed by atoms with Crippen molar-refractivity contribution in [3.63, 3.8) is 0 Å². The molecule has 3 aliphatic heterocycles. The van der Waals surface area contributed by atoms with E-state index < -0.39 is 0 Å². The fourth-order valence-corrected chi connectivity index (χ4v) is 7.47. The first-order valence-corrected chi connectivity index (χ1v) is 15.4. The largest absolute Gasteiger partial charge is 0.487 e. The van der Waals surface area contributed by atoms with Gasteiger partial charge in [-0.3, -0.25) is 4.79 Å². The number of fused-ring (bicyclic) bond motifs is 2. The Morgan fingerprint density at radius 3 is 2.89 bits per heavy atom. The number of H-pyrrole nitrogens is 1. The normalized spacial score (nSPS) is 25.1. The summed E-state index contributed by atoms with van der Waals surface area (Å²) in [6.07, 6.45) is 10.1. The van der Waals surface area contributed by atoms with Crippen LogP contribution in [0.25, 0.3) is 10.9 Å². The first kappa shape index (κ1) is 25.8. The van der Waals surface area contributed by atoms with Gasteiger partial charge in [-0.1, -0.05) is 12.5 Å². The Kier molecular flexibility index (Phi) is 8.00. The predicted octanol–water partition coefficient (Wildman–Crippen LogP) is 5.36. The van der Waals surface area contributed by atoms with Crippen molar-refractivity contribution in [1.82, 2.24) is 25.1 Å². The summed E-state index contributed by atoms with van der Waals surface area (Å²) in [5, 5.41) is 7.33. The van der Waals surface area contributed by atoms with Crippen LogP contribution in [0.1, 0.15) is 72.6 Å². The first-order chi connectivity index (χ1) is 18.6. The lowest BCUT2D eigenvalue weighted by molar-refractivity contribution is 0.0408. The number of nitrogens with one attached hydrogen (secondary N) is 2. The molecular formula is C30H41N5O2S. The number of aromatic nitrogens is 2. The minimum absolute atomic E-state index is 0.0224. The molecule has 3 fully saturated rings. The molecule has 1 amide bonds. The van der Waals surface area contributed by atoms with Gasteiger partial charge in [0.1, 0.15) is 18.1 Å². The number of nitrogens with zero attached hydrogens (tertiary/aromatic N) is 3. The van der Waals surface area contributed by atoms with Gasteiger partial charge in [0.2, 0.25) is 0 Å². The first-order valence-electron chi connectivity index (χ1n) is 14.6. The predicted molar refractivity (Wildman–Crippen MR) is 153 cm³/mol. The number of carbonyl (C=O) groups excluding carboxylic acids is 1. The van der Waals surface area contributed by atoms with Crippen molar-refractivity contribution in [3.8, 4) is 5.75 Å². The molecule has 7 nitrogen and oxygen atoms in total. The van der Waals surface area contributed by atoms with Crippen molar-refractivity contribution in [2.45, 2.75) is 77.0 Å². The summed E-state index contributed by atoms with van der Waals surface area (Å²) in [5.41, 5.74) is 2.44. The van der Waals surface area contributed by atoms with Crippen LogP contribution < -0.4 is 10.1 Å². The average Bonchev–Trinajstić information content (AvgIpc) is 3.50. The molecule has 5 heterocycles. The van der Waals surface area contributed by atoms with E-state index in [0.717, 1.165) is 71.7 Å². The Balaban J connectivity index is 1.04. The Labute approximate surface area is 230 Å². The zero-order valence-electron chi connectivity index (χ0n) is 22.6. The molecule has 3 aromatic rings. The van der Waals surface area contributed by atoms with E-state index in [1.165, 1.54) is 51.7 Å². The maximum Gasteiger partial charge on any atom is 0.267 e. The summed E-state index contributed by atoms with van der Waals surface area (Å²) in [4.78, 5) is 26.5. The number of aromatic amines is 1. The monoisotopic (exact) mass is 535 g/mol. The topological polar surface area (TPSA) is 73.5 Å². The van der Waals surface area contributed by atoms with Crippen LogP contribution in [0.15, 0.2) is 29.6 Å². The van der Waals surface area contributed by atoms with Crippen LogP contribution in [0.2, 0.25) is 0 Å². The molecule has 0 aliphatic carbocycles. The highest BCUT2D eigenvalue weighted by Gasteiger charge is 2.34. The van der Waals surface area contributed by atoms with Crippen LogP contribution in [0.4, 0.5) is 0 Å². The molecule has 6 rings (SSSR count). The number of rotatable bonds is 7. The van der Waals surface area contributed by atoms with Gasteiger partial charge in [0.05, 0.1) is 10.7 Å². The molecule has 8 heteroatoms. The van der Waals surface area contributed by atoms with E-state index in [1.54, 1.807) is 11.3 Å². The number of aryl methyl sites for hydroxylation is 1. The number of benzene rings is 1. The second-order valence-electron chi connectivity index (χ2n) is 11.5. The molecule has 3 saturated heterocycles. The van der Waals surface area contributed by atoms with E-state index in [0.29, 0.717) is 12.3 Å². The van der Waals surface area contributed by atoms with Gasteiger partial charge in [0.25, 0.3) is 5.91 Å². The van der Waals surface area contributed by atoms with Crippen molar-refractivity contribution in [2.24, 2.45) is 5.92 Å². The molecule has 3 atom stereocenters. The number of ether oxygens (including phenoxy) is 1. The van der Waals surface area contributed by atoms with E-state index in [9.17, 15) is 4.79 Å². The summed E-state index contributed by atoms with van der Waals surface area (Å²) in [5.74, 6) is 1.57. The number of thiazole rings is 1. The molecule has 2 N–H and O–H groups in total. The highest BCUT2D eigenvalue weighted by atomic mass is 32.1. The Morgan fingerprint density at radius 1 is 1.11 bits per heavy atom. The van der Waals surface area contributed by atoms with E-state index in [4.69, 9.17) is 4.74 Å². The zero-order chi connectivity index (χ0) is 25.9. The number of hydrogen-bond acceptors (Lipinski definition) is 6. The quantitative estimate of drug-likeness (QED) is 0.426. The molecule has 204 valence electrons. The fraction of sp³-hybridized carbons (Fsp3) is 0.600. The van der Waals surface area contributed by atoms with Gasteiger partial charge in [-0.25, -0.2) is 4.98 Å². The lowest BCUT2D eigenvalue weighted by Gasteiger charge is -2.45. The van der Waals surface area contributed by atoms with Crippen molar-refractivity contribution in [3.05, 3.63) is 46.0 Å². The van der Waals surface area contributed by atoms with Gasteiger partial charge in [0.15, 0.2) is 0 Å². The third kappa shape index (κ3) is 5.92. The lowest BCUT2D eigenvalue weighted by Crippen LogP contribution is -2.51. The highest BCUT2D eigenvalue weighted by molar-refractivity contribution is 7.09. The summed E-state index contributed by atoms with van der Waals surface area (Å²) in [6.45, 7) is 8.50. The van der Waals surface area contributed by atoms with Crippen LogP contribution in [0, 0.1) is 12.8 Å². The number of carbonyl (C=O) groups is 1. The maximum atomic E-state index is 13.2. The van der Waals surface area contributed by atoms with Crippen LogP contribution in [0.5, 0.6) is 5.75 Å². The summed E-state index contributed by atoms with van der Waals surface area (Å²) >= 11 is 1.63. The molecule has 3 unspecified atom stereocenters. The summed E-state index contributed by atoms with van der Waals surface area (Å²) in [7, 11) is 0. The molecule has 3 aliphatic rings. The van der Waals surface area contributed by atoms with Crippen LogP contribution in [-0.2, 0) is 6.61 Å². The third-order valence-electron chi connectivity index (χ3n) is 8.79. The van der Waals surface area contributed by atoms with Crippen LogP contribution >= 0.6 is 11.3 Å². The summed E-state index contributed by atoms with van der Waals surface area (Å²) in [6, 6.07) is 8.86. The minimum atomic E-state index is -0.0224. The van der Waals surface area contributed by atoms with Crippen LogP contribution in [-0.4, -0.2) is 70.5 Å². The van der Waals surface area contributed by atoms with Crippen molar-refractivity contribution < 1.29 is 9.53 Å². The van der Waals surface area contributed by atoms with Gasteiger partial charge in [-0.2, -0.15) is 0 Å². The van der Waals surface area contributed by atoms with Gasteiger partial charge >= 0.3 is 0 Å². The molecule has 1 aromatic carbocycles. The highest BCUT2D eigenvalue weighted by Crippen LogP contribution is 2.32. The summed E-state index contributed by atoms with van der Waals surface area (Å²) < 4.78 is 6.07. The van der Waals surface area contributed by atoms with E-state index >= 15 is 0 Å². The van der Waals surface area contributed by atoms with E-state index in [-0.39, 0.29) is 11.9 Å². The molecular weight excluding hydrogens is 494 g/mol. The number of hydrogen-bond donors (Lipinski definition) is 2. The van der Waals surface area contributed by atoms with Gasteiger partial charge in [-0.05, 0) is 95.6 Å². The minimum Gasteiger partial charge on any atom is -0.487 e. The number of amides is 1. The van der Waals surface area contributed by atoms with E-state index in [1.807, 2.05) is 36.6 Å². The maximum absolute atomic E-state index is 13.2. The fourth-order valence-electron chi connectivity index (χ4n) is 6.87. The second kappa shape index (κ2) is 11.8. The van der Waals surface area contributed by atoms with Gasteiger partial charge in [0, 0.05) is 41.5 Å². The number of piperidine rings is 2. The van der Waals surface area contributed by atoms with E-state index in [2.05, 4.69) is 25.1 Å². The number of likely N-dealkylation sites (tertiary alicyclic amines) is 1. The molecule has 0 radical (unpaired) electrons. The van der Waals surface area contributed by atoms with Gasteiger partial charge in [-0.15, -0.1) is 11.3 Å². The third-order valence-corrected chi connectivity index (χ3v) is 9.61. The molecule has 38 heavy (non-hydrogen) atoms.